The van der Waals surface area contributed by atoms with Crippen LogP contribution in [-0.4, -0.2) is 30.5 Å². The van der Waals surface area contributed by atoms with Gasteiger partial charge in [-0.3, -0.25) is 4.90 Å². The summed E-state index contributed by atoms with van der Waals surface area (Å²) in [6, 6.07) is 0. The predicted molar refractivity (Wildman–Crippen MR) is 119 cm³/mol. The summed E-state index contributed by atoms with van der Waals surface area (Å²) in [6.07, 6.45) is 3.04. The van der Waals surface area contributed by atoms with Gasteiger partial charge in [0.15, 0.2) is 5.79 Å². The van der Waals surface area contributed by atoms with Gasteiger partial charge in [-0.15, -0.1) is 0 Å². The van der Waals surface area contributed by atoms with Crippen molar-refractivity contribution >= 4 is 19.4 Å². The third-order valence-corrected chi connectivity index (χ3v) is 8.98. The van der Waals surface area contributed by atoms with Crippen LogP contribution >= 0.6 is 0 Å². The number of rotatable bonds is 1. The number of fused-ring (bicyclic) bond motifs is 3. The normalized spacial score (nSPS) is 28.5. The van der Waals surface area contributed by atoms with Crippen LogP contribution in [0, 0.1) is 0 Å². The molecule has 1 aromatic rings. The molecule has 0 unspecified atom stereocenters. The van der Waals surface area contributed by atoms with Crippen LogP contribution in [0.15, 0.2) is 0 Å². The third-order valence-electron chi connectivity index (χ3n) is 6.88. The lowest BCUT2D eigenvalue weighted by molar-refractivity contribution is -0.165. The summed E-state index contributed by atoms with van der Waals surface area (Å²) in [4.78, 5) is 14.8. The number of benzene rings is 1. The van der Waals surface area contributed by atoms with Crippen LogP contribution in [0.2, 0.25) is 19.6 Å². The van der Waals surface area contributed by atoms with Gasteiger partial charge in [0.25, 0.3) is 0 Å². The molecule has 164 valence electrons. The van der Waals surface area contributed by atoms with E-state index in [1.54, 1.807) is 5.19 Å². The lowest BCUT2D eigenvalue weighted by Gasteiger charge is -2.51. The molecule has 4 aliphatic rings. The Hall–Kier alpha value is -1.37. The van der Waals surface area contributed by atoms with Crippen LogP contribution in [0.25, 0.3) is 0 Å². The largest absolute Gasteiger partial charge is 0.444 e. The van der Waals surface area contributed by atoms with Crippen molar-refractivity contribution in [1.29, 1.82) is 0 Å². The van der Waals surface area contributed by atoms with Gasteiger partial charge in [0.05, 0.1) is 14.6 Å². The first-order valence-electron chi connectivity index (χ1n) is 11.3. The van der Waals surface area contributed by atoms with Gasteiger partial charge in [-0.2, -0.15) is 0 Å². The van der Waals surface area contributed by atoms with Crippen molar-refractivity contribution in [2.75, 3.05) is 0 Å². The summed E-state index contributed by atoms with van der Waals surface area (Å²) >= 11 is 0. The minimum absolute atomic E-state index is 0.00966. The molecule has 1 fully saturated rings. The van der Waals surface area contributed by atoms with Gasteiger partial charge >= 0.3 is 6.09 Å². The molecule has 5 nitrogen and oxygen atoms in total. The fourth-order valence-electron chi connectivity index (χ4n) is 6.24. The molecular weight excluding hydrogens is 394 g/mol. The van der Waals surface area contributed by atoms with Crippen molar-refractivity contribution in [1.82, 2.24) is 4.90 Å². The van der Waals surface area contributed by atoms with E-state index in [-0.39, 0.29) is 17.8 Å². The molecule has 1 spiro atoms. The van der Waals surface area contributed by atoms with Crippen LogP contribution < -0.4 is 5.19 Å². The van der Waals surface area contributed by atoms with Gasteiger partial charge in [0.1, 0.15) is 17.3 Å². The Labute approximate surface area is 181 Å². The molecule has 0 radical (unpaired) electrons. The second-order valence-corrected chi connectivity index (χ2v) is 16.9. The fraction of sp³-hybridized carbons (Fsp3) is 0.708. The average Bonchev–Trinajstić information content (AvgIpc) is 3.06. The number of amides is 1. The van der Waals surface area contributed by atoms with Crippen LogP contribution in [0.3, 0.4) is 0 Å². The van der Waals surface area contributed by atoms with Crippen LogP contribution in [0.4, 0.5) is 4.79 Å². The minimum atomic E-state index is -1.64. The lowest BCUT2D eigenvalue weighted by atomic mass is 9.61. The molecule has 30 heavy (non-hydrogen) atoms. The van der Waals surface area contributed by atoms with Gasteiger partial charge in [-0.05, 0) is 81.7 Å². The first-order valence-corrected chi connectivity index (χ1v) is 14.8. The van der Waals surface area contributed by atoms with E-state index in [2.05, 4.69) is 19.6 Å². The zero-order valence-electron chi connectivity index (χ0n) is 19.7. The molecule has 2 atom stereocenters. The van der Waals surface area contributed by atoms with Crippen LogP contribution in [0.1, 0.15) is 81.4 Å². The van der Waals surface area contributed by atoms with E-state index in [0.29, 0.717) is 13.1 Å². The molecule has 0 saturated carbocycles. The summed E-state index contributed by atoms with van der Waals surface area (Å²) < 4.78 is 18.8. The fourth-order valence-corrected chi connectivity index (χ4v) is 8.53. The number of carbonyl (C=O) groups excluding carboxylic acids is 1. The Morgan fingerprint density at radius 2 is 1.80 bits per heavy atom. The zero-order chi connectivity index (χ0) is 21.9. The van der Waals surface area contributed by atoms with E-state index >= 15 is 0 Å². The van der Waals surface area contributed by atoms with E-state index in [4.69, 9.17) is 14.2 Å². The molecule has 6 heteroatoms. The van der Waals surface area contributed by atoms with Crippen molar-refractivity contribution in [3.63, 3.8) is 0 Å². The highest BCUT2D eigenvalue weighted by Crippen LogP contribution is 2.67. The molecule has 0 aromatic heterocycles. The summed E-state index contributed by atoms with van der Waals surface area (Å²) in [6.45, 7) is 18.4. The topological polar surface area (TPSA) is 48.0 Å². The van der Waals surface area contributed by atoms with Crippen molar-refractivity contribution in [3.05, 3.63) is 27.8 Å². The van der Waals surface area contributed by atoms with Crippen LogP contribution in [0.5, 0.6) is 0 Å². The molecule has 2 heterocycles. The number of hydrogen-bond acceptors (Lipinski definition) is 4. The van der Waals surface area contributed by atoms with Gasteiger partial charge < -0.3 is 14.2 Å². The highest BCUT2D eigenvalue weighted by Gasteiger charge is 2.66. The third kappa shape index (κ3) is 2.76. The Morgan fingerprint density at radius 1 is 1.13 bits per heavy atom. The summed E-state index contributed by atoms with van der Waals surface area (Å²) in [5, 5.41) is 1.55. The van der Waals surface area contributed by atoms with Gasteiger partial charge in [0.2, 0.25) is 0 Å². The zero-order valence-corrected chi connectivity index (χ0v) is 20.7. The molecule has 0 N–H and O–H groups in total. The van der Waals surface area contributed by atoms with Gasteiger partial charge in [0, 0.05) is 6.54 Å². The summed E-state index contributed by atoms with van der Waals surface area (Å²) in [5.41, 5.74) is 6.14. The van der Waals surface area contributed by atoms with Gasteiger partial charge in [-0.25, -0.2) is 4.79 Å². The van der Waals surface area contributed by atoms with Crippen molar-refractivity contribution < 1.29 is 19.0 Å². The van der Waals surface area contributed by atoms with E-state index in [1.165, 1.54) is 27.8 Å². The predicted octanol–water partition coefficient (Wildman–Crippen LogP) is 4.85. The van der Waals surface area contributed by atoms with E-state index < -0.39 is 19.5 Å². The maximum atomic E-state index is 12.9. The Kier molecular flexibility index (Phi) is 4.04. The minimum Gasteiger partial charge on any atom is -0.444 e. The van der Waals surface area contributed by atoms with Crippen molar-refractivity contribution in [2.45, 2.75) is 110 Å². The first kappa shape index (κ1) is 20.5. The molecule has 1 amide bonds. The maximum Gasteiger partial charge on any atom is 0.410 e. The Bertz CT molecular complexity index is 956. The van der Waals surface area contributed by atoms with E-state index in [9.17, 15) is 4.79 Å². The van der Waals surface area contributed by atoms with Crippen molar-refractivity contribution in [3.8, 4) is 0 Å². The Balaban J connectivity index is 1.66. The molecule has 2 aliphatic carbocycles. The highest BCUT2D eigenvalue weighted by atomic mass is 28.3. The second kappa shape index (κ2) is 5.90. The first-order chi connectivity index (χ1) is 13.7. The molecule has 5 rings (SSSR count). The SMILES string of the molecule is CC(C)(C)OC(=O)N1Cc2c(c([Si](C)(C)C)c3c4c2[C@@H]2OC(C)(C)O[C@]42CCC3)C1. The van der Waals surface area contributed by atoms with Crippen LogP contribution in [-0.2, 0) is 39.3 Å². The molecule has 2 aliphatic heterocycles. The lowest BCUT2D eigenvalue weighted by Crippen LogP contribution is -2.53. The van der Waals surface area contributed by atoms with Crippen molar-refractivity contribution in [2.24, 2.45) is 0 Å². The quantitative estimate of drug-likeness (QED) is 0.599. The number of carbonyl (C=O) groups is 1. The summed E-state index contributed by atoms with van der Waals surface area (Å²) in [7, 11) is -1.64. The smallest absolute Gasteiger partial charge is 0.410 e. The van der Waals surface area contributed by atoms with E-state index in [1.807, 2.05) is 39.5 Å². The maximum absolute atomic E-state index is 12.9. The molecular formula is C24H35NO4Si. The van der Waals surface area contributed by atoms with Gasteiger partial charge in [-0.1, -0.05) is 24.8 Å². The Morgan fingerprint density at radius 3 is 2.43 bits per heavy atom. The van der Waals surface area contributed by atoms with E-state index in [0.717, 1.165) is 19.3 Å². The monoisotopic (exact) mass is 429 g/mol. The molecule has 1 saturated heterocycles. The number of ether oxygens (including phenoxy) is 3. The highest BCUT2D eigenvalue weighted by molar-refractivity contribution is 6.89. The average molecular weight is 430 g/mol. The summed E-state index contributed by atoms with van der Waals surface area (Å²) in [5.74, 6) is -0.575. The number of nitrogens with zero attached hydrogens (tertiary/aromatic N) is 1. The standard InChI is InChI=1S/C24H35NO4Si/c1-22(2,3)28-21(26)25-12-15-16(13-25)19(30(6,7)8)14-10-9-11-24-18(14)17(15)20(24)27-23(4,5)29-24/h20H,9-13H2,1-8H3/t20-,24+/m0/s1. The molecule has 1 aromatic carbocycles. The molecule has 0 bridgehead atoms. The second-order valence-electron chi connectivity index (χ2n) is 11.9. The number of hydrogen-bond donors (Lipinski definition) is 0.